The maximum absolute atomic E-state index is 12.7. The maximum Gasteiger partial charge on any atom is 0.335 e. The summed E-state index contributed by atoms with van der Waals surface area (Å²) >= 11 is 1.68. The van der Waals surface area contributed by atoms with Crippen molar-refractivity contribution in [2.75, 3.05) is 13.1 Å². The Morgan fingerprint density at radius 1 is 1.29 bits per heavy atom. The van der Waals surface area contributed by atoms with Crippen molar-refractivity contribution >= 4 is 23.2 Å². The Morgan fingerprint density at radius 2 is 2.00 bits per heavy atom. The molecule has 0 bridgehead atoms. The normalized spacial score (nSPS) is 17.7. The largest absolute Gasteiger partial charge is 0.478 e. The number of aromatic carboxylic acids is 1. The molecule has 2 aromatic rings. The lowest BCUT2D eigenvalue weighted by atomic mass is 9.98. The molecule has 1 aliphatic rings. The molecule has 1 aromatic carbocycles. The minimum Gasteiger partial charge on any atom is -0.478 e. The lowest BCUT2D eigenvalue weighted by Crippen LogP contribution is -2.39. The number of nitrogens with zero attached hydrogens (tertiary/aromatic N) is 2. The number of amides is 1. The maximum atomic E-state index is 12.7. The minimum atomic E-state index is -0.984. The van der Waals surface area contributed by atoms with Gasteiger partial charge in [-0.3, -0.25) is 4.79 Å². The first-order valence-electron chi connectivity index (χ1n) is 8.15. The Bertz CT molecular complexity index is 739. The Morgan fingerprint density at radius 3 is 2.62 bits per heavy atom. The summed E-state index contributed by atoms with van der Waals surface area (Å²) in [5.74, 6) is -0.724. The number of hydrogen-bond acceptors (Lipinski definition) is 4. The zero-order chi connectivity index (χ0) is 17.1. The van der Waals surface area contributed by atoms with Crippen molar-refractivity contribution in [2.24, 2.45) is 0 Å². The van der Waals surface area contributed by atoms with Gasteiger partial charge in [-0.15, -0.1) is 11.3 Å². The van der Waals surface area contributed by atoms with E-state index in [1.807, 2.05) is 4.90 Å². The summed E-state index contributed by atoms with van der Waals surface area (Å²) in [6.45, 7) is 3.51. The van der Waals surface area contributed by atoms with E-state index in [4.69, 9.17) is 5.11 Å². The molecule has 1 aromatic heterocycles. The number of rotatable bonds is 4. The van der Waals surface area contributed by atoms with E-state index in [0.29, 0.717) is 18.0 Å². The highest BCUT2D eigenvalue weighted by Gasteiger charge is 2.27. The van der Waals surface area contributed by atoms with Gasteiger partial charge in [0.25, 0.3) is 5.91 Å². The fraction of sp³-hybridized carbons (Fsp3) is 0.389. The van der Waals surface area contributed by atoms with Crippen molar-refractivity contribution in [3.05, 3.63) is 51.5 Å². The van der Waals surface area contributed by atoms with Crippen molar-refractivity contribution in [3.63, 3.8) is 0 Å². The molecule has 0 spiro atoms. The van der Waals surface area contributed by atoms with E-state index >= 15 is 0 Å². The summed E-state index contributed by atoms with van der Waals surface area (Å²) in [6, 6.07) is 6.14. The summed E-state index contributed by atoms with van der Waals surface area (Å²) in [5.41, 5.74) is 1.84. The number of aryl methyl sites for hydroxylation is 1. The average molecular weight is 344 g/mol. The van der Waals surface area contributed by atoms with Crippen molar-refractivity contribution in [1.29, 1.82) is 0 Å². The highest BCUT2D eigenvalue weighted by molar-refractivity contribution is 7.09. The number of carbonyl (C=O) groups is 2. The third kappa shape index (κ3) is 3.48. The summed E-state index contributed by atoms with van der Waals surface area (Å²) in [4.78, 5) is 30.1. The first kappa shape index (κ1) is 16.6. The third-order valence-electron chi connectivity index (χ3n) is 4.37. The van der Waals surface area contributed by atoms with E-state index in [9.17, 15) is 9.59 Å². The van der Waals surface area contributed by atoms with E-state index in [1.165, 1.54) is 12.1 Å². The van der Waals surface area contributed by atoms with Gasteiger partial charge in [0.15, 0.2) is 0 Å². The molecule has 1 fully saturated rings. The fourth-order valence-electron chi connectivity index (χ4n) is 2.97. The molecule has 6 heteroatoms. The highest BCUT2D eigenvalue weighted by Crippen LogP contribution is 2.30. The fourth-order valence-corrected chi connectivity index (χ4v) is 4.00. The van der Waals surface area contributed by atoms with Crippen LogP contribution in [0, 0.1) is 0 Å². The minimum absolute atomic E-state index is 0.0380. The molecule has 1 saturated heterocycles. The summed E-state index contributed by atoms with van der Waals surface area (Å²) < 4.78 is 0. The number of hydrogen-bond donors (Lipinski definition) is 1. The average Bonchev–Trinajstić information content (AvgIpc) is 3.10. The molecule has 0 saturated carbocycles. The predicted octanol–water partition coefficient (Wildman–Crippen LogP) is 3.42. The zero-order valence-electron chi connectivity index (χ0n) is 13.6. The highest BCUT2D eigenvalue weighted by atomic mass is 32.1. The molecule has 1 atom stereocenters. The monoisotopic (exact) mass is 344 g/mol. The molecule has 1 N–H and O–H groups in total. The molecule has 2 heterocycles. The first-order chi connectivity index (χ1) is 11.6. The van der Waals surface area contributed by atoms with E-state index < -0.39 is 5.97 Å². The first-order valence-corrected chi connectivity index (χ1v) is 9.03. The van der Waals surface area contributed by atoms with Gasteiger partial charge in [-0.05, 0) is 43.5 Å². The van der Waals surface area contributed by atoms with Crippen LogP contribution in [0.3, 0.4) is 0 Å². The van der Waals surface area contributed by atoms with Gasteiger partial charge in [0.05, 0.1) is 16.3 Å². The third-order valence-corrected chi connectivity index (χ3v) is 5.42. The van der Waals surface area contributed by atoms with Crippen LogP contribution in [-0.4, -0.2) is 40.0 Å². The van der Waals surface area contributed by atoms with Gasteiger partial charge in [-0.25, -0.2) is 9.78 Å². The van der Waals surface area contributed by atoms with Crippen LogP contribution in [0.1, 0.15) is 57.1 Å². The Labute approximate surface area is 145 Å². The zero-order valence-corrected chi connectivity index (χ0v) is 14.4. The van der Waals surface area contributed by atoms with Gasteiger partial charge >= 0.3 is 5.97 Å². The lowest BCUT2D eigenvalue weighted by molar-refractivity contribution is 0.0687. The van der Waals surface area contributed by atoms with Crippen LogP contribution in [0.4, 0.5) is 0 Å². The molecule has 126 valence electrons. The number of likely N-dealkylation sites (tertiary alicyclic amines) is 1. The molecule has 1 amide bonds. The van der Waals surface area contributed by atoms with Crippen LogP contribution in [0.2, 0.25) is 0 Å². The second kappa shape index (κ2) is 7.13. The molecule has 0 aliphatic carbocycles. The molecule has 24 heavy (non-hydrogen) atoms. The standard InChI is InChI=1S/C18H20N2O3S/c1-2-15-11-24-16(19-15)14-4-3-9-20(10-14)17(21)12-5-7-13(8-6-12)18(22)23/h5-8,11,14H,2-4,9-10H2,1H3,(H,22,23). The van der Waals surface area contributed by atoms with Gasteiger partial charge in [-0.2, -0.15) is 0 Å². The smallest absolute Gasteiger partial charge is 0.335 e. The number of thiazole rings is 1. The van der Waals surface area contributed by atoms with Gasteiger partial charge in [-0.1, -0.05) is 6.92 Å². The van der Waals surface area contributed by atoms with Crippen LogP contribution in [0.15, 0.2) is 29.6 Å². The Kier molecular flexibility index (Phi) is 4.94. The van der Waals surface area contributed by atoms with E-state index in [2.05, 4.69) is 17.3 Å². The number of piperidine rings is 1. The molecule has 3 rings (SSSR count). The lowest BCUT2D eigenvalue weighted by Gasteiger charge is -2.32. The van der Waals surface area contributed by atoms with Crippen molar-refractivity contribution in [1.82, 2.24) is 9.88 Å². The topological polar surface area (TPSA) is 70.5 Å². The van der Waals surface area contributed by atoms with Gasteiger partial charge in [0.1, 0.15) is 0 Å². The second-order valence-corrected chi connectivity index (χ2v) is 6.89. The number of benzene rings is 1. The van der Waals surface area contributed by atoms with Crippen molar-refractivity contribution in [3.8, 4) is 0 Å². The summed E-state index contributed by atoms with van der Waals surface area (Å²) in [7, 11) is 0. The van der Waals surface area contributed by atoms with E-state index in [-0.39, 0.29) is 11.5 Å². The van der Waals surface area contributed by atoms with Crippen LogP contribution in [0.25, 0.3) is 0 Å². The molecule has 5 nitrogen and oxygen atoms in total. The number of carbonyl (C=O) groups excluding carboxylic acids is 1. The van der Waals surface area contributed by atoms with Crippen molar-refractivity contribution in [2.45, 2.75) is 32.1 Å². The van der Waals surface area contributed by atoms with Gasteiger partial charge < -0.3 is 10.0 Å². The summed E-state index contributed by atoms with van der Waals surface area (Å²) in [5, 5.41) is 12.2. The van der Waals surface area contributed by atoms with Crippen LogP contribution in [0.5, 0.6) is 0 Å². The van der Waals surface area contributed by atoms with Crippen molar-refractivity contribution < 1.29 is 14.7 Å². The number of carboxylic acid groups (broad SMARTS) is 1. The summed E-state index contributed by atoms with van der Waals surface area (Å²) in [6.07, 6.45) is 2.95. The molecular weight excluding hydrogens is 324 g/mol. The number of carboxylic acids is 1. The van der Waals surface area contributed by atoms with E-state index in [0.717, 1.165) is 36.5 Å². The van der Waals surface area contributed by atoms with Gasteiger partial charge in [0, 0.05) is 30.0 Å². The molecule has 1 unspecified atom stereocenters. The predicted molar refractivity (Wildman–Crippen MR) is 92.8 cm³/mol. The quantitative estimate of drug-likeness (QED) is 0.922. The van der Waals surface area contributed by atoms with Crippen LogP contribution >= 0.6 is 11.3 Å². The van der Waals surface area contributed by atoms with Gasteiger partial charge in [0.2, 0.25) is 0 Å². The molecule has 0 radical (unpaired) electrons. The molecule has 1 aliphatic heterocycles. The Balaban J connectivity index is 1.71. The van der Waals surface area contributed by atoms with Crippen LogP contribution < -0.4 is 0 Å². The Hall–Kier alpha value is -2.21. The second-order valence-electron chi connectivity index (χ2n) is 6.00. The SMILES string of the molecule is CCc1csc(C2CCCN(C(=O)c3ccc(C(=O)O)cc3)C2)n1. The van der Waals surface area contributed by atoms with E-state index in [1.54, 1.807) is 23.5 Å². The number of aromatic nitrogens is 1. The molecular formula is C18H20N2O3S. The van der Waals surface area contributed by atoms with Crippen LogP contribution in [-0.2, 0) is 6.42 Å².